The minimum Gasteiger partial charge on any atom is -0.213 e. The van der Waals surface area contributed by atoms with Crippen molar-refractivity contribution in [2.75, 3.05) is 0 Å². The van der Waals surface area contributed by atoms with Gasteiger partial charge in [-0.3, -0.25) is 0 Å². The maximum absolute atomic E-state index is 12.2. The van der Waals surface area contributed by atoms with Crippen molar-refractivity contribution in [2.45, 2.75) is 11.1 Å². The quantitative estimate of drug-likeness (QED) is 0.584. The van der Waals surface area contributed by atoms with Gasteiger partial charge in [0.15, 0.2) is 0 Å². The Morgan fingerprint density at radius 3 is 2.21 bits per heavy atom. The van der Waals surface area contributed by atoms with Crippen LogP contribution in [0.2, 0.25) is 0 Å². The Hall–Kier alpha value is -0.310. The molecule has 0 bridgehead atoms. The molecule has 0 N–H and O–H groups in total. The van der Waals surface area contributed by atoms with Crippen LogP contribution in [0.1, 0.15) is 5.56 Å². The lowest BCUT2D eigenvalue weighted by atomic mass is 10.2. The summed E-state index contributed by atoms with van der Waals surface area (Å²) in [6.07, 6.45) is -4.52. The molecule has 0 heterocycles. The number of benzene rings is 1. The van der Waals surface area contributed by atoms with E-state index in [2.05, 4.69) is 0 Å². The summed E-state index contributed by atoms with van der Waals surface area (Å²) in [5.74, 6) is 0. The van der Waals surface area contributed by atoms with Gasteiger partial charge in [-0.05, 0) is 18.2 Å². The first-order valence-electron chi connectivity index (χ1n) is 3.33. The second-order valence-corrected chi connectivity index (χ2v) is 7.29. The van der Waals surface area contributed by atoms with Gasteiger partial charge in [0.05, 0.1) is 31.7 Å². The molecule has 0 radical (unpaired) electrons. The predicted octanol–water partition coefficient (Wildman–Crippen LogP) is 2.83. The molecule has 7 heteroatoms. The predicted molar refractivity (Wildman–Crippen MR) is 52.6 cm³/mol. The van der Waals surface area contributed by atoms with Crippen LogP contribution in [0.25, 0.3) is 0 Å². The number of hydrogen-bond acceptors (Lipinski definition) is 2. The summed E-state index contributed by atoms with van der Waals surface area (Å²) in [5, 5.41) is 0. The van der Waals surface area contributed by atoms with Crippen LogP contribution >= 0.6 is 21.2 Å². The molecule has 0 unspecified atom stereocenters. The number of alkyl halides is 3. The lowest BCUT2D eigenvalue weighted by Crippen LogP contribution is -2.05. The van der Waals surface area contributed by atoms with Gasteiger partial charge in [0, 0.05) is 0 Å². The van der Waals surface area contributed by atoms with Gasteiger partial charge in [0.1, 0.15) is 0 Å². The molecule has 2 nitrogen and oxygen atoms in total. The van der Waals surface area contributed by atoms with E-state index in [9.17, 15) is 21.6 Å². The van der Waals surface area contributed by atoms with Crippen molar-refractivity contribution >= 4 is 28.2 Å². The first kappa shape index (κ1) is 11.8. The van der Waals surface area contributed by atoms with E-state index in [-0.39, 0.29) is 4.90 Å². The molecule has 0 spiro atoms. The number of hydrogen-bond donors (Lipinski definition) is 0. The van der Waals surface area contributed by atoms with Gasteiger partial charge in [0.2, 0.25) is 7.01 Å². The topological polar surface area (TPSA) is 34.1 Å². The molecule has 1 rings (SSSR count). The van der Waals surface area contributed by atoms with Crippen molar-refractivity contribution in [3.63, 3.8) is 0 Å². The zero-order chi connectivity index (χ0) is 11.0. The summed E-state index contributed by atoms with van der Waals surface area (Å²) in [4.78, 5) is -0.340. The largest absolute Gasteiger partial charge is 0.416 e. The van der Waals surface area contributed by atoms with E-state index in [4.69, 9.17) is 0 Å². The van der Waals surface area contributed by atoms with E-state index in [1.54, 1.807) is 0 Å². The molecule has 0 saturated carbocycles. The molecular formula is C7H4F3IO2S. The van der Waals surface area contributed by atoms with Crippen molar-refractivity contribution in [2.24, 2.45) is 0 Å². The van der Waals surface area contributed by atoms with Crippen LogP contribution in [0.4, 0.5) is 13.2 Å². The van der Waals surface area contributed by atoms with Crippen LogP contribution in [-0.4, -0.2) is 8.42 Å². The molecule has 0 saturated heterocycles. The van der Waals surface area contributed by atoms with E-state index < -0.39 is 18.7 Å². The molecule has 1 aromatic rings. The van der Waals surface area contributed by atoms with Crippen LogP contribution < -0.4 is 0 Å². The third kappa shape index (κ3) is 2.84. The summed E-state index contributed by atoms with van der Waals surface area (Å²) in [7, 11) is -3.62. The molecule has 0 atom stereocenters. The van der Waals surface area contributed by atoms with Crippen LogP contribution in [0.3, 0.4) is 0 Å². The first-order valence-corrected chi connectivity index (χ1v) is 7.36. The second-order valence-electron chi connectivity index (χ2n) is 2.46. The summed E-state index contributed by atoms with van der Waals surface area (Å²) in [5.41, 5.74) is -0.963. The highest BCUT2D eigenvalue weighted by molar-refractivity contribution is 14.2. The Morgan fingerprint density at radius 1 is 1.21 bits per heavy atom. The zero-order valence-corrected chi connectivity index (χ0v) is 9.52. The number of halogens is 4. The van der Waals surface area contributed by atoms with Crippen molar-refractivity contribution in [1.82, 2.24) is 0 Å². The SMILES string of the molecule is O=S(=O)(I)c1cccc(C(F)(F)F)c1. The number of rotatable bonds is 1. The van der Waals surface area contributed by atoms with Crippen molar-refractivity contribution in [3.05, 3.63) is 29.8 Å². The first-order chi connectivity index (χ1) is 6.21. The summed E-state index contributed by atoms with van der Waals surface area (Å²) in [6.45, 7) is 0. The van der Waals surface area contributed by atoms with E-state index in [0.29, 0.717) is 6.07 Å². The van der Waals surface area contributed by atoms with Gasteiger partial charge in [-0.25, -0.2) is 8.42 Å². The van der Waals surface area contributed by atoms with Gasteiger partial charge >= 0.3 is 6.18 Å². The maximum atomic E-state index is 12.2. The fourth-order valence-corrected chi connectivity index (χ4v) is 2.15. The van der Waals surface area contributed by atoms with Crippen LogP contribution in [0, 0.1) is 0 Å². The molecular weight excluding hydrogens is 332 g/mol. The minimum absolute atomic E-state index is 0.340. The maximum Gasteiger partial charge on any atom is 0.416 e. The highest BCUT2D eigenvalue weighted by Gasteiger charge is 2.31. The van der Waals surface area contributed by atoms with Crippen molar-refractivity contribution < 1.29 is 21.6 Å². The van der Waals surface area contributed by atoms with Gasteiger partial charge in [0.25, 0.3) is 0 Å². The average molecular weight is 336 g/mol. The lowest BCUT2D eigenvalue weighted by Gasteiger charge is -2.06. The molecule has 0 aliphatic rings. The van der Waals surface area contributed by atoms with E-state index >= 15 is 0 Å². The fraction of sp³-hybridized carbons (Fsp3) is 0.143. The Labute approximate surface area is 90.6 Å². The van der Waals surface area contributed by atoms with Gasteiger partial charge in [-0.15, -0.1) is 0 Å². The second kappa shape index (κ2) is 3.69. The zero-order valence-electron chi connectivity index (χ0n) is 6.55. The minimum atomic E-state index is -4.52. The van der Waals surface area contributed by atoms with Crippen LogP contribution in [0.15, 0.2) is 29.2 Å². The molecule has 78 valence electrons. The van der Waals surface area contributed by atoms with E-state index in [1.807, 2.05) is 0 Å². The Kier molecular flexibility index (Phi) is 3.10. The molecule has 1 aromatic carbocycles. The monoisotopic (exact) mass is 336 g/mol. The molecule has 0 aliphatic carbocycles. The molecule has 0 aromatic heterocycles. The smallest absolute Gasteiger partial charge is 0.213 e. The lowest BCUT2D eigenvalue weighted by molar-refractivity contribution is -0.137. The van der Waals surface area contributed by atoms with Crippen molar-refractivity contribution in [1.29, 1.82) is 0 Å². The van der Waals surface area contributed by atoms with Crippen LogP contribution in [-0.2, 0) is 13.2 Å². The molecule has 0 aliphatic heterocycles. The Morgan fingerprint density at radius 2 is 1.79 bits per heavy atom. The highest BCUT2D eigenvalue weighted by atomic mass is 127. The molecule has 14 heavy (non-hydrogen) atoms. The normalized spacial score (nSPS) is 12.9. The van der Waals surface area contributed by atoms with E-state index in [0.717, 1.165) is 39.4 Å². The standard InChI is InChI=1S/C7H4F3IO2S/c8-7(9,10)5-2-1-3-6(4-5)14(11,12)13/h1-4H. The Bertz CT molecular complexity index is 438. The third-order valence-electron chi connectivity index (χ3n) is 1.44. The molecule has 0 fully saturated rings. The summed E-state index contributed by atoms with van der Waals surface area (Å²) >= 11 is 1.09. The highest BCUT2D eigenvalue weighted by Crippen LogP contribution is 2.31. The van der Waals surface area contributed by atoms with Crippen molar-refractivity contribution in [3.8, 4) is 0 Å². The van der Waals surface area contributed by atoms with Gasteiger partial charge < -0.3 is 0 Å². The van der Waals surface area contributed by atoms with Crippen LogP contribution in [0.5, 0.6) is 0 Å². The third-order valence-corrected chi connectivity index (χ3v) is 3.79. The van der Waals surface area contributed by atoms with Gasteiger partial charge in [-0.1, -0.05) is 6.07 Å². The van der Waals surface area contributed by atoms with Gasteiger partial charge in [-0.2, -0.15) is 13.2 Å². The fourth-order valence-electron chi connectivity index (χ4n) is 0.824. The molecule has 0 amide bonds. The Balaban J connectivity index is 3.29. The summed E-state index contributed by atoms with van der Waals surface area (Å²) < 4.78 is 58.3. The summed E-state index contributed by atoms with van der Waals surface area (Å²) in [6, 6.07) is 3.62. The average Bonchev–Trinajstić information content (AvgIpc) is 2.01. The van der Waals surface area contributed by atoms with E-state index in [1.165, 1.54) is 0 Å².